The first-order valence-corrected chi connectivity index (χ1v) is 20.4. The van der Waals surface area contributed by atoms with Crippen molar-refractivity contribution in [3.8, 4) is 33.4 Å². The summed E-state index contributed by atoms with van der Waals surface area (Å²) in [6.45, 7) is 4.47. The molecular weight excluding hydrogens is 699 g/mol. The third kappa shape index (κ3) is 4.42. The Balaban J connectivity index is 1.17. The maximum Gasteiger partial charge on any atom is 0.0726 e. The molecule has 0 unspecified atom stereocenters. The summed E-state index contributed by atoms with van der Waals surface area (Å²) in [6.07, 6.45) is 0. The van der Waals surface area contributed by atoms with Crippen molar-refractivity contribution >= 4 is 49.4 Å². The molecule has 0 saturated heterocycles. The number of hydrogen-bond donors (Lipinski definition) is 0. The lowest BCUT2D eigenvalue weighted by molar-refractivity contribution is 0.794. The summed E-state index contributed by atoms with van der Waals surface area (Å²) >= 11 is 0. The molecule has 0 fully saturated rings. The Labute approximate surface area is 339 Å². The molecule has 0 N–H and O–H groups in total. The van der Waals surface area contributed by atoms with Gasteiger partial charge in [0.05, 0.1) is 11.1 Å². The first-order valence-electron chi connectivity index (χ1n) is 20.4. The third-order valence-corrected chi connectivity index (χ3v) is 13.1. The fraction of sp³-hybridized carbons (Fsp3) is 0.0526. The van der Waals surface area contributed by atoms with Crippen molar-refractivity contribution < 1.29 is 0 Å². The summed E-state index contributed by atoms with van der Waals surface area (Å²) in [5.74, 6) is 0. The van der Waals surface area contributed by atoms with Gasteiger partial charge in [-0.05, 0) is 138 Å². The molecule has 2 aliphatic rings. The normalized spacial score (nSPS) is 13.1. The predicted octanol–water partition coefficient (Wildman–Crippen LogP) is 15.2. The van der Waals surface area contributed by atoms with Gasteiger partial charge in [0.1, 0.15) is 0 Å². The first-order chi connectivity index (χ1) is 28.6. The molecule has 0 aromatic heterocycles. The molecule has 0 heterocycles. The lowest BCUT2D eigenvalue weighted by Gasteiger charge is -2.32. The zero-order valence-electron chi connectivity index (χ0n) is 32.5. The van der Waals surface area contributed by atoms with Crippen LogP contribution in [0, 0.1) is 13.8 Å². The van der Waals surface area contributed by atoms with Gasteiger partial charge >= 0.3 is 0 Å². The maximum absolute atomic E-state index is 2.53. The van der Waals surface area contributed by atoms with Crippen molar-refractivity contribution in [2.45, 2.75) is 19.3 Å². The second kappa shape index (κ2) is 12.4. The minimum absolute atomic E-state index is 0.427. The summed E-state index contributed by atoms with van der Waals surface area (Å²) in [6, 6.07) is 74.9. The zero-order valence-corrected chi connectivity index (χ0v) is 32.5. The largest absolute Gasteiger partial charge is 0.310 e. The van der Waals surface area contributed by atoms with Gasteiger partial charge in [-0.25, -0.2) is 0 Å². The van der Waals surface area contributed by atoms with Gasteiger partial charge in [0, 0.05) is 16.9 Å². The summed E-state index contributed by atoms with van der Waals surface area (Å²) in [5.41, 5.74) is 18.7. The molecule has 0 bridgehead atoms. The van der Waals surface area contributed by atoms with E-state index in [0.717, 1.165) is 11.4 Å². The van der Waals surface area contributed by atoms with Gasteiger partial charge in [0.2, 0.25) is 0 Å². The Morgan fingerprint density at radius 2 is 0.759 bits per heavy atom. The lowest BCUT2D eigenvalue weighted by Crippen LogP contribution is -2.26. The van der Waals surface area contributed by atoms with E-state index in [4.69, 9.17) is 0 Å². The van der Waals surface area contributed by atoms with Crippen LogP contribution in [-0.2, 0) is 5.41 Å². The van der Waals surface area contributed by atoms with Gasteiger partial charge in [-0.3, -0.25) is 0 Å². The fourth-order valence-electron chi connectivity index (χ4n) is 10.7. The van der Waals surface area contributed by atoms with E-state index in [2.05, 4.69) is 219 Å². The van der Waals surface area contributed by atoms with Crippen LogP contribution >= 0.6 is 0 Å². The van der Waals surface area contributed by atoms with Gasteiger partial charge < -0.3 is 4.90 Å². The van der Waals surface area contributed by atoms with E-state index in [1.807, 2.05) is 0 Å². The number of nitrogens with zero attached hydrogens (tertiary/aromatic N) is 1. The Morgan fingerprint density at radius 1 is 0.310 bits per heavy atom. The van der Waals surface area contributed by atoms with E-state index < -0.39 is 5.41 Å². The molecule has 1 nitrogen and oxygen atoms in total. The van der Waals surface area contributed by atoms with Crippen LogP contribution in [0.15, 0.2) is 200 Å². The first kappa shape index (κ1) is 33.0. The second-order valence-electron chi connectivity index (χ2n) is 16.1. The van der Waals surface area contributed by atoms with Crippen LogP contribution in [0.2, 0.25) is 0 Å². The molecule has 0 saturated carbocycles. The average Bonchev–Trinajstić information content (AvgIpc) is 3.75. The molecule has 0 atom stereocenters. The Kier molecular flexibility index (Phi) is 7.04. The monoisotopic (exact) mass is 737 g/mol. The van der Waals surface area contributed by atoms with Crippen molar-refractivity contribution in [1.29, 1.82) is 0 Å². The molecule has 0 amide bonds. The van der Waals surface area contributed by atoms with E-state index in [-0.39, 0.29) is 0 Å². The molecule has 1 heteroatoms. The van der Waals surface area contributed by atoms with Crippen LogP contribution in [0.3, 0.4) is 0 Å². The van der Waals surface area contributed by atoms with Crippen molar-refractivity contribution in [2.24, 2.45) is 0 Å². The molecule has 272 valence electrons. The molecule has 12 rings (SSSR count). The molecule has 0 aliphatic heterocycles. The Morgan fingerprint density at radius 3 is 1.38 bits per heavy atom. The average molecular weight is 738 g/mol. The van der Waals surface area contributed by atoms with Crippen molar-refractivity contribution in [3.05, 3.63) is 234 Å². The van der Waals surface area contributed by atoms with Gasteiger partial charge in [-0.15, -0.1) is 0 Å². The molecule has 2 aliphatic carbocycles. The summed E-state index contributed by atoms with van der Waals surface area (Å²) in [4.78, 5) is 2.53. The third-order valence-electron chi connectivity index (χ3n) is 13.1. The number of anilines is 3. The van der Waals surface area contributed by atoms with Crippen molar-refractivity contribution in [1.82, 2.24) is 0 Å². The second-order valence-corrected chi connectivity index (χ2v) is 16.1. The molecule has 10 aromatic carbocycles. The van der Waals surface area contributed by atoms with Gasteiger partial charge in [0.15, 0.2) is 0 Å². The molecule has 10 aromatic rings. The molecule has 58 heavy (non-hydrogen) atoms. The van der Waals surface area contributed by atoms with E-state index in [0.29, 0.717) is 0 Å². The molecule has 1 spiro atoms. The van der Waals surface area contributed by atoms with E-state index in [1.54, 1.807) is 0 Å². The van der Waals surface area contributed by atoms with Gasteiger partial charge in [-0.2, -0.15) is 0 Å². The fourth-order valence-corrected chi connectivity index (χ4v) is 10.7. The van der Waals surface area contributed by atoms with Crippen LogP contribution in [0.25, 0.3) is 65.7 Å². The van der Waals surface area contributed by atoms with Gasteiger partial charge in [-0.1, -0.05) is 170 Å². The standard InChI is InChI=1S/C57H39N/c1-36-16-3-4-17-40(36)41-32-30-38(34-37(41)2)58(39-31-33-46-44-20-6-5-18-42(44)43-19-7-8-21-45(43)50(46)35-39)55-29-15-28-54-56(55)49-24-11-14-27-53(49)57(54)51-25-12-9-22-47(51)48-23-10-13-26-52(48)57/h3-35H,1-2H3. The smallest absolute Gasteiger partial charge is 0.0726 e. The summed E-state index contributed by atoms with van der Waals surface area (Å²) in [7, 11) is 0. The van der Waals surface area contributed by atoms with Gasteiger partial charge in [0.25, 0.3) is 0 Å². The number of hydrogen-bond acceptors (Lipinski definition) is 1. The minimum Gasteiger partial charge on any atom is -0.310 e. The van der Waals surface area contributed by atoms with Crippen LogP contribution in [0.5, 0.6) is 0 Å². The van der Waals surface area contributed by atoms with Crippen LogP contribution in [-0.4, -0.2) is 0 Å². The molecule has 0 radical (unpaired) electrons. The lowest BCUT2D eigenvalue weighted by atomic mass is 9.70. The predicted molar refractivity (Wildman–Crippen MR) is 245 cm³/mol. The van der Waals surface area contributed by atoms with Crippen LogP contribution in [0.1, 0.15) is 33.4 Å². The Hall–Kier alpha value is -7.22. The highest BCUT2D eigenvalue weighted by Crippen LogP contribution is 2.64. The highest BCUT2D eigenvalue weighted by molar-refractivity contribution is 6.26. The zero-order chi connectivity index (χ0) is 38.5. The van der Waals surface area contributed by atoms with Crippen molar-refractivity contribution in [2.75, 3.05) is 4.90 Å². The minimum atomic E-state index is -0.427. The van der Waals surface area contributed by atoms with E-state index in [9.17, 15) is 0 Å². The number of rotatable bonds is 4. The van der Waals surface area contributed by atoms with Crippen LogP contribution < -0.4 is 4.90 Å². The highest BCUT2D eigenvalue weighted by Gasteiger charge is 2.52. The molecular formula is C57H39N. The Bertz CT molecular complexity index is 3250. The number of aryl methyl sites for hydroxylation is 2. The number of benzene rings is 10. The van der Waals surface area contributed by atoms with E-state index in [1.165, 1.54) is 105 Å². The van der Waals surface area contributed by atoms with Crippen molar-refractivity contribution in [3.63, 3.8) is 0 Å². The summed E-state index contributed by atoms with van der Waals surface area (Å²) in [5, 5.41) is 7.65. The summed E-state index contributed by atoms with van der Waals surface area (Å²) < 4.78 is 0. The van der Waals surface area contributed by atoms with E-state index >= 15 is 0 Å². The van der Waals surface area contributed by atoms with Crippen LogP contribution in [0.4, 0.5) is 17.1 Å². The highest BCUT2D eigenvalue weighted by atomic mass is 15.1. The number of fused-ring (bicyclic) bond motifs is 16. The topological polar surface area (TPSA) is 3.24 Å². The SMILES string of the molecule is Cc1ccccc1-c1ccc(N(c2ccc3c4ccccc4c4ccccc4c3c2)c2cccc3c2-c2ccccc2C32c3ccccc3-c3ccccc32)cc1C. The quantitative estimate of drug-likeness (QED) is 0.163. The maximum atomic E-state index is 2.53.